The van der Waals surface area contributed by atoms with E-state index in [2.05, 4.69) is 42.9 Å². The summed E-state index contributed by atoms with van der Waals surface area (Å²) in [6.45, 7) is 8.60. The Kier molecular flexibility index (Phi) is 4.19. The van der Waals surface area contributed by atoms with E-state index in [0.29, 0.717) is 18.2 Å². The fraction of sp³-hybridized carbons (Fsp3) is 0.800. The van der Waals surface area contributed by atoms with E-state index in [4.69, 9.17) is 10.7 Å². The number of halogens is 1. The topological polar surface area (TPSA) is 75.7 Å². The van der Waals surface area contributed by atoms with Gasteiger partial charge in [-0.2, -0.15) is 0 Å². The van der Waals surface area contributed by atoms with Gasteiger partial charge in [-0.25, -0.2) is 13.4 Å². The fourth-order valence-electron chi connectivity index (χ4n) is 1.93. The minimum atomic E-state index is -3.83. The van der Waals surface area contributed by atoms with Crippen LogP contribution < -0.4 is 0 Å². The van der Waals surface area contributed by atoms with Gasteiger partial charge >= 0.3 is 0 Å². The second kappa shape index (κ2) is 4.94. The normalized spacial score (nSPS) is 14.9. The Hall–Kier alpha value is -0.620. The Labute approximate surface area is 106 Å². The van der Waals surface area contributed by atoms with E-state index in [1.54, 1.807) is 0 Å². The molecule has 0 aliphatic heterocycles. The van der Waals surface area contributed by atoms with Crippen molar-refractivity contribution in [1.82, 2.24) is 15.2 Å². The van der Waals surface area contributed by atoms with E-state index in [1.165, 1.54) is 0 Å². The van der Waals surface area contributed by atoms with Gasteiger partial charge in [0.15, 0.2) is 0 Å². The predicted octanol–water partition coefficient (Wildman–Crippen LogP) is 2.35. The van der Waals surface area contributed by atoms with Crippen LogP contribution in [0.5, 0.6) is 0 Å². The zero-order chi connectivity index (χ0) is 13.3. The van der Waals surface area contributed by atoms with Crippen LogP contribution in [-0.2, 0) is 15.5 Å². The molecule has 5 nitrogen and oxygen atoms in total. The first-order valence-corrected chi connectivity index (χ1v) is 7.75. The molecular weight excluding hydrogens is 262 g/mol. The molecule has 1 aromatic heterocycles. The number of rotatable bonds is 4. The number of H-pyrrole nitrogens is 1. The molecule has 0 saturated heterocycles. The van der Waals surface area contributed by atoms with Crippen molar-refractivity contribution in [2.75, 3.05) is 0 Å². The van der Waals surface area contributed by atoms with Crippen molar-refractivity contribution < 1.29 is 8.42 Å². The highest BCUT2D eigenvalue weighted by Crippen LogP contribution is 2.25. The van der Waals surface area contributed by atoms with E-state index in [9.17, 15) is 8.42 Å². The maximum atomic E-state index is 11.0. The van der Waals surface area contributed by atoms with Gasteiger partial charge in [-0.3, -0.25) is 5.10 Å². The van der Waals surface area contributed by atoms with Crippen LogP contribution in [0.1, 0.15) is 39.9 Å². The maximum Gasteiger partial charge on any atom is 0.298 e. The molecule has 0 saturated carbocycles. The summed E-state index contributed by atoms with van der Waals surface area (Å²) in [7, 11) is 1.31. The largest absolute Gasteiger partial charge is 0.298 e. The van der Waals surface area contributed by atoms with Gasteiger partial charge in [0.1, 0.15) is 5.82 Å². The molecule has 0 radical (unpaired) electrons. The zero-order valence-corrected chi connectivity index (χ0v) is 12.1. The van der Waals surface area contributed by atoms with Gasteiger partial charge in [-0.1, -0.05) is 27.7 Å². The van der Waals surface area contributed by atoms with Gasteiger partial charge in [0.05, 0.1) is 0 Å². The summed E-state index contributed by atoms with van der Waals surface area (Å²) in [5.41, 5.74) is 0.237. The first kappa shape index (κ1) is 14.4. The van der Waals surface area contributed by atoms with E-state index in [0.717, 1.165) is 6.42 Å². The van der Waals surface area contributed by atoms with Gasteiger partial charge in [0, 0.05) is 17.1 Å². The maximum absolute atomic E-state index is 11.0. The predicted molar refractivity (Wildman–Crippen MR) is 66.4 cm³/mol. The second-order valence-electron chi connectivity index (χ2n) is 5.58. The fourth-order valence-corrected chi connectivity index (χ4v) is 2.51. The van der Waals surface area contributed by atoms with Crippen LogP contribution in [0.3, 0.4) is 0 Å². The molecule has 0 amide bonds. The first-order chi connectivity index (χ1) is 7.58. The number of hydrogen-bond acceptors (Lipinski definition) is 4. The highest BCUT2D eigenvalue weighted by Gasteiger charge is 2.20. The molecule has 1 heterocycles. The summed E-state index contributed by atoms with van der Waals surface area (Å²) < 4.78 is 22.0. The third-order valence-electron chi connectivity index (χ3n) is 2.23. The summed E-state index contributed by atoms with van der Waals surface area (Å²) >= 11 is 0. The van der Waals surface area contributed by atoms with Crippen LogP contribution in [0, 0.1) is 11.3 Å². The van der Waals surface area contributed by atoms with Crippen LogP contribution in [0.15, 0.2) is 5.16 Å². The zero-order valence-electron chi connectivity index (χ0n) is 10.5. The number of nitrogens with zero attached hydrogens (tertiary/aromatic N) is 2. The molecule has 1 atom stereocenters. The molecule has 0 aliphatic rings. The molecular formula is C10H18ClN3O2S. The second-order valence-corrected chi connectivity index (χ2v) is 8.04. The SMILES string of the molecule is CC(Cc1nc(S(=O)(=O)Cl)n[nH]1)CC(C)(C)C. The number of hydrogen-bond donors (Lipinski definition) is 1. The van der Waals surface area contributed by atoms with Gasteiger partial charge in [-0.15, -0.1) is 5.10 Å². The van der Waals surface area contributed by atoms with Crippen LogP contribution in [0.4, 0.5) is 0 Å². The first-order valence-electron chi connectivity index (χ1n) is 5.44. The van der Waals surface area contributed by atoms with Gasteiger partial charge < -0.3 is 0 Å². The van der Waals surface area contributed by atoms with Crippen LogP contribution in [0.25, 0.3) is 0 Å². The van der Waals surface area contributed by atoms with Crippen molar-refractivity contribution in [3.05, 3.63) is 5.82 Å². The lowest BCUT2D eigenvalue weighted by Crippen LogP contribution is -2.13. The van der Waals surface area contributed by atoms with Crippen LogP contribution in [0.2, 0.25) is 0 Å². The highest BCUT2D eigenvalue weighted by atomic mass is 35.7. The molecule has 0 aliphatic carbocycles. The lowest BCUT2D eigenvalue weighted by atomic mass is 9.84. The molecule has 1 aromatic rings. The summed E-state index contributed by atoms with van der Waals surface area (Å²) in [6.07, 6.45) is 1.69. The monoisotopic (exact) mass is 279 g/mol. The van der Waals surface area contributed by atoms with Crippen molar-refractivity contribution in [3.8, 4) is 0 Å². The Morgan fingerprint density at radius 3 is 2.41 bits per heavy atom. The number of aromatic nitrogens is 3. The Morgan fingerprint density at radius 1 is 1.41 bits per heavy atom. The summed E-state index contributed by atoms with van der Waals surface area (Å²) in [5, 5.41) is 5.84. The van der Waals surface area contributed by atoms with E-state index < -0.39 is 9.05 Å². The summed E-state index contributed by atoms with van der Waals surface area (Å²) in [6, 6.07) is 0. The van der Waals surface area contributed by atoms with Gasteiger partial charge in [-0.05, 0) is 17.8 Å². The molecule has 1 unspecified atom stereocenters. The Balaban J connectivity index is 2.67. The minimum absolute atomic E-state index is 0.237. The van der Waals surface area contributed by atoms with E-state index >= 15 is 0 Å². The smallest absolute Gasteiger partial charge is 0.262 e. The summed E-state index contributed by atoms with van der Waals surface area (Å²) in [4.78, 5) is 3.86. The molecule has 1 N–H and O–H groups in total. The molecule has 0 bridgehead atoms. The molecule has 1 rings (SSSR count). The average molecular weight is 280 g/mol. The number of aromatic amines is 1. The minimum Gasteiger partial charge on any atom is -0.262 e. The van der Waals surface area contributed by atoms with Crippen LogP contribution in [-0.4, -0.2) is 23.6 Å². The molecule has 0 spiro atoms. The van der Waals surface area contributed by atoms with Crippen molar-refractivity contribution in [2.45, 2.75) is 45.7 Å². The van der Waals surface area contributed by atoms with Gasteiger partial charge in [0.2, 0.25) is 0 Å². The van der Waals surface area contributed by atoms with Crippen molar-refractivity contribution in [1.29, 1.82) is 0 Å². The molecule has 98 valence electrons. The quantitative estimate of drug-likeness (QED) is 0.859. The molecule has 17 heavy (non-hydrogen) atoms. The summed E-state index contributed by atoms with van der Waals surface area (Å²) in [5.74, 6) is 0.954. The third kappa shape index (κ3) is 5.04. The van der Waals surface area contributed by atoms with Crippen molar-refractivity contribution >= 4 is 19.7 Å². The average Bonchev–Trinajstić information content (AvgIpc) is 2.47. The van der Waals surface area contributed by atoms with Crippen LogP contribution >= 0.6 is 10.7 Å². The van der Waals surface area contributed by atoms with E-state index in [1.807, 2.05) is 0 Å². The molecule has 0 fully saturated rings. The standard InChI is InChI=1S/C10H18ClN3O2S/c1-7(6-10(2,3)4)5-8-12-9(14-13-8)17(11,15)16/h7H,5-6H2,1-4H3,(H,12,13,14). The van der Waals surface area contributed by atoms with Crippen molar-refractivity contribution in [3.63, 3.8) is 0 Å². The van der Waals surface area contributed by atoms with Gasteiger partial charge in [0.25, 0.3) is 14.2 Å². The third-order valence-corrected chi connectivity index (χ3v) is 3.26. The highest BCUT2D eigenvalue weighted by molar-refractivity contribution is 8.13. The van der Waals surface area contributed by atoms with Crippen molar-refractivity contribution in [2.24, 2.45) is 11.3 Å². The Bertz CT molecular complexity index is 476. The van der Waals surface area contributed by atoms with E-state index in [-0.39, 0.29) is 10.6 Å². The lowest BCUT2D eigenvalue weighted by molar-refractivity contribution is 0.303. The lowest BCUT2D eigenvalue weighted by Gasteiger charge is -2.22. The Morgan fingerprint density at radius 2 is 2.00 bits per heavy atom. The molecule has 7 heteroatoms. The molecule has 0 aromatic carbocycles. The number of nitrogens with one attached hydrogen (secondary N) is 1.